The summed E-state index contributed by atoms with van der Waals surface area (Å²) in [6.07, 6.45) is 5.17. The monoisotopic (exact) mass is 523 g/mol. The molecule has 3 aromatic heterocycles. The number of benzene rings is 2. The minimum atomic E-state index is -0.0992. The molecule has 5 aromatic rings. The van der Waals surface area contributed by atoms with Gasteiger partial charge in [-0.25, -0.2) is 9.97 Å². The van der Waals surface area contributed by atoms with E-state index in [2.05, 4.69) is 35.4 Å². The number of anilines is 4. The van der Waals surface area contributed by atoms with Gasteiger partial charge in [0.15, 0.2) is 17.0 Å². The summed E-state index contributed by atoms with van der Waals surface area (Å²) in [7, 11) is 0. The fourth-order valence-electron chi connectivity index (χ4n) is 4.80. The van der Waals surface area contributed by atoms with E-state index in [0.29, 0.717) is 35.2 Å². The predicted molar refractivity (Wildman–Crippen MR) is 151 cm³/mol. The summed E-state index contributed by atoms with van der Waals surface area (Å²) in [4.78, 5) is 35.3. The van der Waals surface area contributed by atoms with Crippen LogP contribution in [0.2, 0.25) is 0 Å². The second-order valence-electron chi connectivity index (χ2n) is 9.41. The molecule has 0 aliphatic carbocycles. The molecule has 0 saturated carbocycles. The summed E-state index contributed by atoms with van der Waals surface area (Å²) in [5.41, 5.74) is 3.63. The second-order valence-corrected chi connectivity index (χ2v) is 9.41. The van der Waals surface area contributed by atoms with Crippen molar-refractivity contribution in [2.24, 2.45) is 0 Å². The van der Waals surface area contributed by atoms with Crippen LogP contribution in [-0.4, -0.2) is 79.7 Å². The fraction of sp³-hybridized carbons (Fsp3) is 0.250. The van der Waals surface area contributed by atoms with Crippen LogP contribution in [0.15, 0.2) is 73.2 Å². The van der Waals surface area contributed by atoms with Crippen molar-refractivity contribution in [1.82, 2.24) is 29.4 Å². The largest absolute Gasteiger partial charge is 0.395 e. The molecule has 0 atom stereocenters. The Bertz CT molecular complexity index is 1590. The summed E-state index contributed by atoms with van der Waals surface area (Å²) in [5, 5.41) is 16.6. The zero-order valence-electron chi connectivity index (χ0n) is 21.4. The number of hydrogen-bond acceptors (Lipinski definition) is 9. The van der Waals surface area contributed by atoms with Crippen molar-refractivity contribution >= 4 is 51.1 Å². The zero-order chi connectivity index (χ0) is 26.6. The van der Waals surface area contributed by atoms with Gasteiger partial charge < -0.3 is 25.2 Å². The van der Waals surface area contributed by atoms with E-state index in [9.17, 15) is 9.90 Å². The molecular weight excluding hydrogens is 494 g/mol. The maximum atomic E-state index is 12.7. The number of aliphatic hydroxyl groups excluding tert-OH is 1. The lowest BCUT2D eigenvalue weighted by Crippen LogP contribution is -2.47. The zero-order valence-corrected chi connectivity index (χ0v) is 21.4. The molecule has 1 saturated heterocycles. The van der Waals surface area contributed by atoms with Crippen LogP contribution in [0, 0.1) is 0 Å². The van der Waals surface area contributed by atoms with E-state index < -0.39 is 0 Å². The number of nitrogens with one attached hydrogen (secondary N) is 2. The number of rotatable bonds is 8. The molecule has 6 rings (SSSR count). The van der Waals surface area contributed by atoms with Crippen LogP contribution in [0.1, 0.15) is 0 Å². The van der Waals surface area contributed by atoms with Gasteiger partial charge >= 0.3 is 0 Å². The predicted octanol–water partition coefficient (Wildman–Crippen LogP) is 2.87. The Balaban J connectivity index is 1.15. The van der Waals surface area contributed by atoms with Crippen molar-refractivity contribution in [3.63, 3.8) is 0 Å². The van der Waals surface area contributed by atoms with E-state index in [4.69, 9.17) is 4.98 Å². The lowest BCUT2D eigenvalue weighted by atomic mass is 10.2. The Hall–Kier alpha value is -4.61. The van der Waals surface area contributed by atoms with Crippen LogP contribution < -0.4 is 15.5 Å². The van der Waals surface area contributed by atoms with Gasteiger partial charge in [0.25, 0.3) is 0 Å². The van der Waals surface area contributed by atoms with E-state index in [0.717, 1.165) is 42.8 Å². The molecular formula is C28H29N9O2. The van der Waals surface area contributed by atoms with E-state index >= 15 is 0 Å². The van der Waals surface area contributed by atoms with Crippen molar-refractivity contribution in [3.05, 3.63) is 73.2 Å². The molecule has 198 valence electrons. The van der Waals surface area contributed by atoms with Gasteiger partial charge in [0.2, 0.25) is 11.9 Å². The maximum absolute atomic E-state index is 12.7. The van der Waals surface area contributed by atoms with Gasteiger partial charge in [-0.15, -0.1) is 0 Å². The van der Waals surface area contributed by atoms with Crippen LogP contribution in [0.25, 0.3) is 22.1 Å². The van der Waals surface area contributed by atoms with Gasteiger partial charge in [-0.2, -0.15) is 9.97 Å². The number of aliphatic hydroxyl groups is 1. The molecule has 11 nitrogen and oxygen atoms in total. The van der Waals surface area contributed by atoms with Gasteiger partial charge in [0, 0.05) is 68.2 Å². The van der Waals surface area contributed by atoms with Crippen LogP contribution >= 0.6 is 0 Å². The quantitative estimate of drug-likeness (QED) is 0.282. The summed E-state index contributed by atoms with van der Waals surface area (Å²) in [6.45, 7) is 4.25. The lowest BCUT2D eigenvalue weighted by Gasteiger charge is -2.34. The number of hydrogen-bond donors (Lipinski definition) is 3. The van der Waals surface area contributed by atoms with Crippen molar-refractivity contribution in [2.45, 2.75) is 6.54 Å². The molecule has 1 fully saturated rings. The van der Waals surface area contributed by atoms with Gasteiger partial charge in [0.05, 0.1) is 6.61 Å². The summed E-state index contributed by atoms with van der Waals surface area (Å²) in [6, 6.07) is 17.5. The van der Waals surface area contributed by atoms with Crippen molar-refractivity contribution < 1.29 is 9.90 Å². The number of para-hydroxylation sites is 1. The highest BCUT2D eigenvalue weighted by atomic mass is 16.3. The van der Waals surface area contributed by atoms with Gasteiger partial charge in [0.1, 0.15) is 6.54 Å². The highest BCUT2D eigenvalue weighted by molar-refractivity contribution is 5.92. The van der Waals surface area contributed by atoms with E-state index in [1.165, 1.54) is 0 Å². The number of carbonyl (C=O) groups is 1. The number of fused-ring (bicyclic) bond motifs is 2. The van der Waals surface area contributed by atoms with Crippen LogP contribution in [0.3, 0.4) is 0 Å². The van der Waals surface area contributed by atoms with Gasteiger partial charge in [-0.05, 0) is 41.8 Å². The smallest absolute Gasteiger partial charge is 0.244 e. The standard InChI is InChI=1S/C28H29N9O2/c38-18-17-35-13-15-36(16-14-35)28-33-26-25(29-10-11-30-26)27(34-28)32-22-7-5-21(6-8-22)31-24(39)19-37-12-9-20-3-1-2-4-23(20)37/h1-12,38H,13-19H2,(H,31,39)(H,30,32,33,34). The Morgan fingerprint density at radius 2 is 1.67 bits per heavy atom. The number of piperazine rings is 1. The number of aromatic nitrogens is 5. The summed E-state index contributed by atoms with van der Waals surface area (Å²) >= 11 is 0. The third-order valence-electron chi connectivity index (χ3n) is 6.82. The minimum absolute atomic E-state index is 0.0992. The Morgan fingerprint density at radius 1 is 0.897 bits per heavy atom. The number of nitrogens with zero attached hydrogens (tertiary/aromatic N) is 7. The van der Waals surface area contributed by atoms with Crippen molar-refractivity contribution in [2.75, 3.05) is 54.9 Å². The highest BCUT2D eigenvalue weighted by Crippen LogP contribution is 2.25. The molecule has 0 bridgehead atoms. The summed E-state index contributed by atoms with van der Waals surface area (Å²) < 4.78 is 1.94. The van der Waals surface area contributed by atoms with E-state index in [1.807, 2.05) is 65.4 Å². The van der Waals surface area contributed by atoms with Crippen LogP contribution in [0.5, 0.6) is 0 Å². The SMILES string of the molecule is O=C(Cn1ccc2ccccc21)Nc1ccc(Nc2nc(N3CCN(CCO)CC3)nc3nccnc23)cc1. The van der Waals surface area contributed by atoms with Crippen molar-refractivity contribution in [1.29, 1.82) is 0 Å². The highest BCUT2D eigenvalue weighted by Gasteiger charge is 2.21. The molecule has 0 spiro atoms. The van der Waals surface area contributed by atoms with Crippen LogP contribution in [0.4, 0.5) is 23.1 Å². The Labute approximate surface area is 225 Å². The Kier molecular flexibility index (Phi) is 6.98. The number of amides is 1. The number of β-amino-alcohol motifs (C(OH)–C–C–N with tert-alkyl or cyclic N) is 1. The molecule has 0 radical (unpaired) electrons. The topological polar surface area (TPSA) is 124 Å². The molecule has 0 unspecified atom stereocenters. The first kappa shape index (κ1) is 24.7. The molecule has 1 aliphatic heterocycles. The normalized spacial score (nSPS) is 14.1. The molecule has 2 aromatic carbocycles. The molecule has 3 N–H and O–H groups in total. The first-order valence-corrected chi connectivity index (χ1v) is 12.9. The third kappa shape index (κ3) is 5.49. The first-order chi connectivity index (χ1) is 19.2. The molecule has 39 heavy (non-hydrogen) atoms. The fourth-order valence-corrected chi connectivity index (χ4v) is 4.80. The van der Waals surface area contributed by atoms with E-state index in [-0.39, 0.29) is 19.1 Å². The van der Waals surface area contributed by atoms with E-state index in [1.54, 1.807) is 12.4 Å². The van der Waals surface area contributed by atoms with Crippen molar-refractivity contribution in [3.8, 4) is 0 Å². The van der Waals surface area contributed by atoms with Gasteiger partial charge in [-0.3, -0.25) is 9.69 Å². The third-order valence-corrected chi connectivity index (χ3v) is 6.82. The summed E-state index contributed by atoms with van der Waals surface area (Å²) in [5.74, 6) is 1.06. The lowest BCUT2D eigenvalue weighted by molar-refractivity contribution is -0.116. The van der Waals surface area contributed by atoms with Crippen LogP contribution in [-0.2, 0) is 11.3 Å². The molecule has 11 heteroatoms. The Morgan fingerprint density at radius 3 is 2.49 bits per heavy atom. The average molecular weight is 524 g/mol. The minimum Gasteiger partial charge on any atom is -0.395 e. The molecule has 4 heterocycles. The van der Waals surface area contributed by atoms with Gasteiger partial charge in [-0.1, -0.05) is 18.2 Å². The second kappa shape index (κ2) is 11.0. The average Bonchev–Trinajstić information content (AvgIpc) is 3.37. The maximum Gasteiger partial charge on any atom is 0.244 e. The molecule has 1 aliphatic rings. The molecule has 1 amide bonds. The number of carbonyl (C=O) groups excluding carboxylic acids is 1. The first-order valence-electron chi connectivity index (χ1n) is 12.9.